The first-order chi connectivity index (χ1) is 50.4. The van der Waals surface area contributed by atoms with Gasteiger partial charge >= 0.3 is 55.8 Å². The summed E-state index contributed by atoms with van der Waals surface area (Å²) in [6, 6.07) is 0. The first-order valence-corrected chi connectivity index (χ1v) is 158. The summed E-state index contributed by atoms with van der Waals surface area (Å²) in [7, 11) is -168. The molecule has 5 unspecified atom stereocenters. The van der Waals surface area contributed by atoms with Gasteiger partial charge in [-0.05, 0) is 52.4 Å². The molecule has 0 rings (SSSR count). The topological polar surface area (TPSA) is 793 Å². The van der Waals surface area contributed by atoms with Crippen molar-refractivity contribution in [2.75, 3.05) is 7.11 Å². The number of rotatable bonds is 66. The van der Waals surface area contributed by atoms with Crippen molar-refractivity contribution in [1.29, 1.82) is 0 Å². The fourth-order valence-electron chi connectivity index (χ4n) is 13.4. The Bertz CT molecular complexity index is 2400. The normalized spacial score (nSPS) is 25.7. The fraction of sp³-hybridized carbons (Fsp3) is 1.00. The summed E-state index contributed by atoms with van der Waals surface area (Å²) in [5.41, 5.74) is 0. The van der Waals surface area contributed by atoms with E-state index in [1.807, 2.05) is 0 Å². The second-order valence-electron chi connectivity index (χ2n) is 26.3. The highest BCUT2D eigenvalue weighted by Crippen LogP contribution is 2.59. The van der Waals surface area contributed by atoms with Crippen LogP contribution in [0, 0.1) is 0 Å². The Balaban J connectivity index is 16.6. The minimum absolute atomic E-state index is 0.698. The molecule has 0 bridgehead atoms. The van der Waals surface area contributed by atoms with Crippen LogP contribution in [0.1, 0.15) is 0 Å². The Morgan fingerprint density at radius 2 is 0.565 bits per heavy atom. The van der Waals surface area contributed by atoms with E-state index in [1.54, 1.807) is 0 Å². The molecule has 0 fully saturated rings. The average molecular weight is 2420 g/mol. The molecular weight excluding hydrogens is 2300 g/mol. The fourth-order valence-corrected chi connectivity index (χ4v) is 982. The van der Waals surface area contributed by atoms with Crippen molar-refractivity contribution in [1.82, 2.24) is 0 Å². The van der Waals surface area contributed by atoms with Crippen LogP contribution in [0.15, 0.2) is 0 Å². The van der Waals surface area contributed by atoms with Crippen LogP contribution in [-0.4, -0.2) is 589 Å². The minimum Gasteiger partial charge on any atom is -0.442 e. The van der Waals surface area contributed by atoms with E-state index < -0.39 is 434 Å². The molecule has 0 amide bonds. The van der Waals surface area contributed by atoms with Gasteiger partial charge in [-0.15, -0.1) is 0 Å². The Hall–Kier alpha value is 8.88. The maximum Gasteiger partial charge on any atom is 0.338 e. The number of hydrogen-bond donors (Lipinski definition) is 31. The van der Waals surface area contributed by atoms with Crippen molar-refractivity contribution in [3.63, 3.8) is 0 Å². The van der Waals surface area contributed by atoms with Crippen LogP contribution in [0.4, 0.5) is 0 Å². The van der Waals surface area contributed by atoms with Crippen LogP contribution < -0.4 is 0 Å². The van der Waals surface area contributed by atoms with Crippen LogP contribution in [0.25, 0.3) is 0 Å². The zero-order valence-corrected chi connectivity index (χ0v) is 125. The standard InChI is InChI=1S/C9H120O49Si50/c1-41-93(59,69-19)54-108(103(84-34,85-35)48-66-16,104(86-36,87-37)49-67-17)107(57-95(72-22,73-23)43-61-11,105(88-38,50-68-18)91(6,7)40)98(53-92(8,9)52-90(3,4)5,106(101(80-30,81-31)46-64-14,102(82-32,83-33)47-65-15)56-94(70-20,71-21)42-60-10)58-97(99(76-26,77-27)44-62-12,100(78-28,79-29)45-63-13)55-96(74-24,75-25)51-89(2)39/h10-40,89H,60-88H2,1-9,59H3. The Kier molecular flexibility index (Phi) is 55.4. The predicted octanol–water partition coefficient (Wildman–Crippen LogP) is -49.3. The van der Waals surface area contributed by atoms with Crippen LogP contribution in [0.3, 0.4) is 0 Å². The molecule has 650 valence electrons. The summed E-state index contributed by atoms with van der Waals surface area (Å²) < 4.78 is 132. The van der Waals surface area contributed by atoms with Gasteiger partial charge in [0.25, 0.3) is 125 Å². The van der Waals surface area contributed by atoms with Crippen LogP contribution in [0.5, 0.6) is 0 Å². The molecule has 99 heteroatoms. The van der Waals surface area contributed by atoms with E-state index >= 15 is 4.80 Å². The van der Waals surface area contributed by atoms with Crippen molar-refractivity contribution in [3.05, 3.63) is 0 Å². The van der Waals surface area contributed by atoms with Crippen molar-refractivity contribution >= 4 is 434 Å². The molecule has 0 heterocycles. The average Bonchev–Trinajstić information content (AvgIpc) is 0.623. The lowest BCUT2D eigenvalue weighted by atomic mass is 11.8. The monoisotopic (exact) mass is 2410 g/mol. The van der Waals surface area contributed by atoms with Gasteiger partial charge < -0.3 is 223 Å². The van der Waals surface area contributed by atoms with E-state index in [-0.39, 0.29) is 0 Å². The molecule has 0 aromatic heterocycles. The maximum atomic E-state index is 15.0. The van der Waals surface area contributed by atoms with Gasteiger partial charge in [0, 0.05) is 7.11 Å². The van der Waals surface area contributed by atoms with Gasteiger partial charge in [-0.3, -0.25) is 0 Å². The molecule has 0 radical (unpaired) electrons. The summed E-state index contributed by atoms with van der Waals surface area (Å²) in [5, 5.41) is 0. The van der Waals surface area contributed by atoms with Gasteiger partial charge in [-0.1, -0.05) is 0 Å². The third-order valence-corrected chi connectivity index (χ3v) is 539. The van der Waals surface area contributed by atoms with E-state index in [2.05, 4.69) is 0 Å². The van der Waals surface area contributed by atoms with Crippen molar-refractivity contribution in [3.8, 4) is 0 Å². The Morgan fingerprint density at radius 3 is 0.796 bits per heavy atom. The molecule has 0 aromatic rings. The lowest BCUT2D eigenvalue weighted by molar-refractivity contribution is 0.289. The highest BCUT2D eigenvalue weighted by Gasteiger charge is 3.05. The Morgan fingerprint density at radius 1 is 0.278 bits per heavy atom. The van der Waals surface area contributed by atoms with Gasteiger partial charge in [-0.25, -0.2) is 0 Å². The molecule has 31 N–H and O–H groups in total. The molecule has 0 aliphatic carbocycles. The summed E-state index contributed by atoms with van der Waals surface area (Å²) in [5.74, 6) is 0. The second kappa shape index (κ2) is 51.2. The van der Waals surface area contributed by atoms with E-state index in [0.29, 0.717) is 0 Å². The summed E-state index contributed by atoms with van der Waals surface area (Å²) in [6.45, 7) is -58.3. The first kappa shape index (κ1) is 117. The minimum atomic E-state index is -8.49. The molecule has 108 heavy (non-hydrogen) atoms. The summed E-state index contributed by atoms with van der Waals surface area (Å²) in [4.78, 5) is 403. The molecule has 0 spiro atoms. The zero-order chi connectivity index (χ0) is 84.3. The zero-order valence-electron chi connectivity index (χ0n) is 61.8. The molecule has 0 aliphatic rings. The number of hydrogen-bond acceptors (Lipinski definition) is 49. The van der Waals surface area contributed by atoms with Crippen LogP contribution in [-0.2, 0) is 74.4 Å². The quantitative estimate of drug-likeness (QED) is 0.0251. The molecule has 49 nitrogen and oxygen atoms in total. The third-order valence-electron chi connectivity index (χ3n) is 18.2. The predicted molar refractivity (Wildman–Crippen MR) is 515 cm³/mol. The molecule has 0 saturated heterocycles. The van der Waals surface area contributed by atoms with Crippen molar-refractivity contribution in [2.24, 2.45) is 0 Å². The summed E-state index contributed by atoms with van der Waals surface area (Å²) >= 11 is 0. The maximum absolute atomic E-state index is 15.0. The van der Waals surface area contributed by atoms with E-state index in [1.165, 1.54) is 32.7 Å². The highest BCUT2D eigenvalue weighted by atomic mass is 30.5. The molecule has 5 atom stereocenters. The lowest BCUT2D eigenvalue weighted by Gasteiger charge is -2.75. The Labute approximate surface area is 708 Å². The van der Waals surface area contributed by atoms with E-state index in [4.69, 9.17) is 74.4 Å². The van der Waals surface area contributed by atoms with E-state index in [9.17, 15) is 144 Å². The molecule has 0 aromatic carbocycles. The van der Waals surface area contributed by atoms with Crippen molar-refractivity contribution in [2.45, 2.75) is 52.4 Å². The molecular formula is C9H120O49Si50. The molecule has 0 aliphatic heterocycles. The first-order valence-electron chi connectivity index (χ1n) is 32.4. The smallest absolute Gasteiger partial charge is 0.338 e. The lowest BCUT2D eigenvalue weighted by Crippen LogP contribution is -3.18. The van der Waals surface area contributed by atoms with Gasteiger partial charge in [0.05, 0.1) is 9.76 Å². The third kappa shape index (κ3) is 23.1. The van der Waals surface area contributed by atoms with Gasteiger partial charge in [0.1, 0.15) is 0 Å². The van der Waals surface area contributed by atoms with E-state index in [0.717, 1.165) is 26.8 Å². The second-order valence-corrected chi connectivity index (χ2v) is 313. The van der Waals surface area contributed by atoms with Crippen LogP contribution >= 0.6 is 0 Å². The SMILES string of the molecule is CO[Si]([SiH3])(O[Si]([Si](O[SiH2]O)([SiH2]O)[SiH2]O)([Si](O[SiH2]O)([SiH2]O)[SiH2]O)[Si](O[Si](O[SiH2]O)([SiH2]O)[SiH2]O)([Si](O[Si](C)(C)O[Si](C)(C)C)(O[Si](O[Si](O[SiH](C)O)([SiH2]O)[SiH2]O)([Si](O[SiH2]O)([SiH2]O)[SiH2]O)[Si](O[SiH2]O)([SiH2]O)[SiH2]O)[Si](O[Si](O[SiH2]O)([SiH2]O)[SiH2]O)([Si](O[SiH2]O)([SiH2]O)[SiH2]O)[Si](O[SiH2]O)([SiH2]O)[SiH2]O)[Si](O[SiH2]O)([SiH2]O)[Si](C)(C)O)[SiH2]O. The van der Waals surface area contributed by atoms with Gasteiger partial charge in [0.2, 0.25) is 106 Å². The highest BCUT2D eigenvalue weighted by molar-refractivity contribution is 8.30. The van der Waals surface area contributed by atoms with Gasteiger partial charge in [0.15, 0.2) is 137 Å². The molecule has 0 saturated carbocycles. The van der Waals surface area contributed by atoms with Crippen molar-refractivity contribution < 1.29 is 223 Å². The largest absolute Gasteiger partial charge is 0.442 e. The summed E-state index contributed by atoms with van der Waals surface area (Å²) in [6.07, 6.45) is 0. The van der Waals surface area contributed by atoms with Crippen LogP contribution in [0.2, 0.25) is 52.4 Å². The van der Waals surface area contributed by atoms with Gasteiger partial charge in [-0.2, -0.15) is 0 Å².